The number of nitrogens with zero attached hydrogens (tertiary/aromatic N) is 2. The monoisotopic (exact) mass is 632 g/mol. The lowest BCUT2D eigenvalue weighted by atomic mass is 9.90. The fourth-order valence-electron chi connectivity index (χ4n) is 5.61. The first-order valence-electron chi connectivity index (χ1n) is 14.5. The molecule has 0 aliphatic carbocycles. The number of aromatic nitrogens is 1. The summed E-state index contributed by atoms with van der Waals surface area (Å²) < 4.78 is 7.63. The molecule has 4 aromatic rings. The van der Waals surface area contributed by atoms with Crippen molar-refractivity contribution in [2.24, 2.45) is 7.05 Å². The van der Waals surface area contributed by atoms with Gasteiger partial charge in [-0.3, -0.25) is 14.4 Å². The number of ether oxygens (including phenoxy) is 1. The lowest BCUT2D eigenvalue weighted by Crippen LogP contribution is -2.32. The highest BCUT2D eigenvalue weighted by molar-refractivity contribution is 6.34. The Morgan fingerprint density at radius 1 is 0.977 bits per heavy atom. The highest BCUT2D eigenvalue weighted by atomic mass is 35.5. The Labute approximate surface area is 266 Å². The van der Waals surface area contributed by atoms with Crippen LogP contribution in [0.5, 0.6) is 5.75 Å². The van der Waals surface area contributed by atoms with Gasteiger partial charge in [0.15, 0.2) is 0 Å². The standard InChI is InChI=1S/C34H34Cl2N4O4/c1-39-17-6-8-25(39)15-16-37-32(41)19-22-7-5-18-40(30-14-11-23(35)20-28(22)30)34(43)27-13-12-24(21-31(27)44-2)38-33(42)26-9-3-4-10-29(26)36/h3-4,6,8-14,17,20-22H,5,7,15-16,18-19H2,1-2H3,(H,37,41)(H,38,42). The van der Waals surface area contributed by atoms with Gasteiger partial charge in [0, 0.05) is 67.3 Å². The molecule has 2 heterocycles. The number of halogens is 2. The van der Waals surface area contributed by atoms with Crippen LogP contribution in [0.25, 0.3) is 0 Å². The summed E-state index contributed by atoms with van der Waals surface area (Å²) in [5.41, 5.74) is 3.88. The van der Waals surface area contributed by atoms with E-state index in [1.54, 1.807) is 53.4 Å². The molecule has 0 saturated carbocycles. The molecular formula is C34H34Cl2N4O4. The van der Waals surface area contributed by atoms with Crippen LogP contribution in [0, 0.1) is 0 Å². The van der Waals surface area contributed by atoms with Gasteiger partial charge in [-0.15, -0.1) is 0 Å². The molecule has 0 bridgehead atoms. The minimum absolute atomic E-state index is 0.0361. The largest absolute Gasteiger partial charge is 0.496 e. The lowest BCUT2D eigenvalue weighted by Gasteiger charge is -2.25. The third-order valence-electron chi connectivity index (χ3n) is 7.89. The molecule has 1 unspecified atom stereocenters. The molecule has 10 heteroatoms. The second-order valence-corrected chi connectivity index (χ2v) is 11.6. The Balaban J connectivity index is 1.33. The van der Waals surface area contributed by atoms with Crippen LogP contribution in [0.1, 0.15) is 57.2 Å². The van der Waals surface area contributed by atoms with E-state index in [-0.39, 0.29) is 23.6 Å². The summed E-state index contributed by atoms with van der Waals surface area (Å²) in [6.45, 7) is 1.01. The molecular weight excluding hydrogens is 599 g/mol. The third-order valence-corrected chi connectivity index (χ3v) is 8.46. The van der Waals surface area contributed by atoms with E-state index in [0.717, 1.165) is 29.8 Å². The zero-order valence-corrected chi connectivity index (χ0v) is 26.1. The van der Waals surface area contributed by atoms with Crippen molar-refractivity contribution >= 4 is 52.3 Å². The maximum atomic E-state index is 14.0. The Kier molecular flexibility index (Phi) is 9.92. The molecule has 1 aromatic heterocycles. The fourth-order valence-corrected chi connectivity index (χ4v) is 6.01. The number of amides is 3. The summed E-state index contributed by atoms with van der Waals surface area (Å²) in [4.78, 5) is 41.5. The maximum absolute atomic E-state index is 14.0. The van der Waals surface area contributed by atoms with Crippen LogP contribution < -0.4 is 20.3 Å². The molecule has 3 amide bonds. The number of nitrogens with one attached hydrogen (secondary N) is 2. The summed E-state index contributed by atoms with van der Waals surface area (Å²) in [6.07, 6.45) is 4.46. The number of hydrogen-bond acceptors (Lipinski definition) is 4. The SMILES string of the molecule is COc1cc(NC(=O)c2ccccc2Cl)ccc1C(=O)N1CCCC(CC(=O)NCCc2cccn2C)c2cc(Cl)ccc21. The van der Waals surface area contributed by atoms with Gasteiger partial charge in [-0.2, -0.15) is 0 Å². The number of carbonyl (C=O) groups excluding carboxylic acids is 3. The van der Waals surface area contributed by atoms with Gasteiger partial charge in [0.1, 0.15) is 5.75 Å². The minimum atomic E-state index is -0.370. The predicted molar refractivity (Wildman–Crippen MR) is 174 cm³/mol. The zero-order chi connectivity index (χ0) is 31.2. The van der Waals surface area contributed by atoms with Crippen LogP contribution in [0.15, 0.2) is 79.0 Å². The predicted octanol–water partition coefficient (Wildman–Crippen LogP) is 6.87. The van der Waals surface area contributed by atoms with Crippen molar-refractivity contribution in [3.05, 3.63) is 111 Å². The highest BCUT2D eigenvalue weighted by Gasteiger charge is 2.30. The summed E-state index contributed by atoms with van der Waals surface area (Å²) in [6, 6.07) is 21.2. The summed E-state index contributed by atoms with van der Waals surface area (Å²) >= 11 is 12.6. The van der Waals surface area contributed by atoms with Gasteiger partial charge >= 0.3 is 0 Å². The number of methoxy groups -OCH3 is 1. The van der Waals surface area contributed by atoms with Crippen LogP contribution >= 0.6 is 23.2 Å². The van der Waals surface area contributed by atoms with Crippen molar-refractivity contribution in [3.8, 4) is 5.75 Å². The molecule has 44 heavy (non-hydrogen) atoms. The topological polar surface area (TPSA) is 92.7 Å². The smallest absolute Gasteiger partial charge is 0.262 e. The van der Waals surface area contributed by atoms with Crippen LogP contribution in [-0.4, -0.2) is 42.5 Å². The highest BCUT2D eigenvalue weighted by Crippen LogP contribution is 2.39. The van der Waals surface area contributed by atoms with Crippen LogP contribution in [-0.2, 0) is 18.3 Å². The van der Waals surface area contributed by atoms with Crippen LogP contribution in [0.2, 0.25) is 10.0 Å². The summed E-state index contributed by atoms with van der Waals surface area (Å²) in [5.74, 6) is -0.431. The summed E-state index contributed by atoms with van der Waals surface area (Å²) in [7, 11) is 3.47. The first kappa shape index (κ1) is 31.2. The summed E-state index contributed by atoms with van der Waals surface area (Å²) in [5, 5.41) is 6.75. The molecule has 1 atom stereocenters. The second-order valence-electron chi connectivity index (χ2n) is 10.8. The Hall–Kier alpha value is -4.27. The molecule has 2 N–H and O–H groups in total. The third kappa shape index (κ3) is 7.09. The van der Waals surface area contributed by atoms with Crippen LogP contribution in [0.3, 0.4) is 0 Å². The van der Waals surface area contributed by atoms with Gasteiger partial charge in [0.2, 0.25) is 5.91 Å². The van der Waals surface area contributed by atoms with Gasteiger partial charge in [-0.1, -0.05) is 35.3 Å². The molecule has 5 rings (SSSR count). The molecule has 0 spiro atoms. The van der Waals surface area contributed by atoms with E-state index in [1.807, 2.05) is 42.1 Å². The maximum Gasteiger partial charge on any atom is 0.262 e. The van der Waals surface area contributed by atoms with Crippen molar-refractivity contribution < 1.29 is 19.1 Å². The first-order valence-corrected chi connectivity index (χ1v) is 15.2. The van der Waals surface area contributed by atoms with Gasteiger partial charge in [0.05, 0.1) is 23.3 Å². The molecule has 1 aliphatic rings. The lowest BCUT2D eigenvalue weighted by molar-refractivity contribution is -0.121. The molecule has 1 aliphatic heterocycles. The van der Waals surface area contributed by atoms with E-state index in [2.05, 4.69) is 10.6 Å². The van der Waals surface area contributed by atoms with Gasteiger partial charge in [0.25, 0.3) is 11.8 Å². The van der Waals surface area contributed by atoms with Crippen molar-refractivity contribution in [2.45, 2.75) is 31.6 Å². The quantitative estimate of drug-likeness (QED) is 0.211. The van der Waals surface area contributed by atoms with E-state index in [4.69, 9.17) is 27.9 Å². The van der Waals surface area contributed by atoms with Crippen LogP contribution in [0.4, 0.5) is 11.4 Å². The Morgan fingerprint density at radius 3 is 2.55 bits per heavy atom. The van der Waals surface area contributed by atoms with Crippen molar-refractivity contribution in [1.82, 2.24) is 9.88 Å². The molecule has 0 saturated heterocycles. The number of hydrogen-bond donors (Lipinski definition) is 2. The van der Waals surface area contributed by atoms with Gasteiger partial charge in [-0.05, 0) is 78.9 Å². The first-order chi connectivity index (χ1) is 21.2. The van der Waals surface area contributed by atoms with E-state index in [0.29, 0.717) is 58.5 Å². The molecule has 3 aromatic carbocycles. The number of rotatable bonds is 9. The van der Waals surface area contributed by atoms with E-state index in [9.17, 15) is 14.4 Å². The van der Waals surface area contributed by atoms with Crippen molar-refractivity contribution in [2.75, 3.05) is 30.4 Å². The second kappa shape index (κ2) is 14.0. The number of aryl methyl sites for hydroxylation is 1. The molecule has 0 fully saturated rings. The van der Waals surface area contributed by atoms with E-state index in [1.165, 1.54) is 7.11 Å². The average Bonchev–Trinajstić information content (AvgIpc) is 3.34. The van der Waals surface area contributed by atoms with E-state index < -0.39 is 0 Å². The minimum Gasteiger partial charge on any atom is -0.496 e. The molecule has 228 valence electrons. The average molecular weight is 634 g/mol. The Bertz CT molecular complexity index is 1690. The number of anilines is 2. The van der Waals surface area contributed by atoms with E-state index >= 15 is 0 Å². The number of benzene rings is 3. The zero-order valence-electron chi connectivity index (χ0n) is 24.6. The van der Waals surface area contributed by atoms with Gasteiger partial charge in [-0.25, -0.2) is 0 Å². The normalized spacial score (nSPS) is 14.4. The fraction of sp³-hybridized carbons (Fsp3) is 0.265. The van der Waals surface area contributed by atoms with Crippen molar-refractivity contribution in [3.63, 3.8) is 0 Å². The molecule has 8 nitrogen and oxygen atoms in total. The number of fused-ring (bicyclic) bond motifs is 1. The number of carbonyl (C=O) groups is 3. The van der Waals surface area contributed by atoms with Crippen molar-refractivity contribution in [1.29, 1.82) is 0 Å². The molecule has 0 radical (unpaired) electrons. The Morgan fingerprint density at radius 2 is 1.80 bits per heavy atom. The van der Waals surface area contributed by atoms with Gasteiger partial charge < -0.3 is 24.8 Å².